The molecule has 1 aliphatic rings. The van der Waals surface area contributed by atoms with Gasteiger partial charge in [-0.05, 0) is 19.4 Å². The van der Waals surface area contributed by atoms with Crippen molar-refractivity contribution in [1.82, 2.24) is 4.81 Å². The molecule has 1 N–H and O–H groups in total. The van der Waals surface area contributed by atoms with E-state index in [1.54, 1.807) is 13.8 Å². The van der Waals surface area contributed by atoms with Crippen molar-refractivity contribution in [3.05, 3.63) is 11.1 Å². The third kappa shape index (κ3) is 0.760. The van der Waals surface area contributed by atoms with Crippen LogP contribution < -0.4 is 0 Å². The van der Waals surface area contributed by atoms with Gasteiger partial charge in [-0.25, -0.2) is 0 Å². The maximum absolute atomic E-state index is 10.9. The number of aliphatic hydroxyl groups is 1. The molecule has 3 nitrogen and oxygen atoms in total. The van der Waals surface area contributed by atoms with Crippen LogP contribution in [0.5, 0.6) is 0 Å². The van der Waals surface area contributed by atoms with Crippen molar-refractivity contribution in [3.63, 3.8) is 0 Å². The third-order valence-electron chi connectivity index (χ3n) is 1.80. The summed E-state index contributed by atoms with van der Waals surface area (Å²) in [5.41, 5.74) is 1.17. The van der Waals surface area contributed by atoms with Crippen LogP contribution in [0.2, 0.25) is 0 Å². The van der Waals surface area contributed by atoms with Crippen molar-refractivity contribution in [2.24, 2.45) is 0 Å². The topological polar surface area (TPSA) is 40.5 Å². The SMILES string of the molecule is [B]N1C(=O)C(C)=C(C)C1O. The Morgan fingerprint density at radius 3 is 2.20 bits per heavy atom. The minimum atomic E-state index is -0.924. The lowest BCUT2D eigenvalue weighted by molar-refractivity contribution is -0.125. The summed E-state index contributed by atoms with van der Waals surface area (Å²) in [6.45, 7) is 3.33. The summed E-state index contributed by atoms with van der Waals surface area (Å²) >= 11 is 0. The predicted molar refractivity (Wildman–Crippen MR) is 37.0 cm³/mol. The van der Waals surface area contributed by atoms with Gasteiger partial charge in [-0.1, -0.05) is 0 Å². The van der Waals surface area contributed by atoms with E-state index < -0.39 is 6.23 Å². The molecule has 0 saturated carbocycles. The van der Waals surface area contributed by atoms with Crippen LogP contribution in [0.1, 0.15) is 13.8 Å². The van der Waals surface area contributed by atoms with Crippen LogP contribution in [-0.2, 0) is 4.79 Å². The molecule has 1 atom stereocenters. The van der Waals surface area contributed by atoms with Gasteiger partial charge in [0.15, 0.2) is 0 Å². The van der Waals surface area contributed by atoms with E-state index in [0.29, 0.717) is 11.1 Å². The molecule has 10 heavy (non-hydrogen) atoms. The normalized spacial score (nSPS) is 26.5. The Morgan fingerprint density at radius 2 is 2.10 bits per heavy atom. The number of rotatable bonds is 0. The zero-order valence-electron chi connectivity index (χ0n) is 5.96. The van der Waals surface area contributed by atoms with Gasteiger partial charge in [-0.3, -0.25) is 4.79 Å². The van der Waals surface area contributed by atoms with Crippen molar-refractivity contribution >= 4 is 13.9 Å². The first kappa shape index (κ1) is 7.34. The van der Waals surface area contributed by atoms with E-state index >= 15 is 0 Å². The Bertz CT molecular complexity index is 212. The molecule has 52 valence electrons. The van der Waals surface area contributed by atoms with Gasteiger partial charge in [0.2, 0.25) is 13.9 Å². The Morgan fingerprint density at radius 1 is 1.60 bits per heavy atom. The highest BCUT2D eigenvalue weighted by Crippen LogP contribution is 2.20. The fourth-order valence-electron chi connectivity index (χ4n) is 0.876. The van der Waals surface area contributed by atoms with Gasteiger partial charge in [-0.2, -0.15) is 0 Å². The molecule has 0 aromatic carbocycles. The van der Waals surface area contributed by atoms with Crippen LogP contribution in [0, 0.1) is 0 Å². The maximum Gasteiger partial charge on any atom is 0.238 e. The van der Waals surface area contributed by atoms with Gasteiger partial charge < -0.3 is 9.92 Å². The third-order valence-corrected chi connectivity index (χ3v) is 1.80. The molecule has 1 heterocycles. The lowest BCUT2D eigenvalue weighted by Crippen LogP contribution is -2.32. The summed E-state index contributed by atoms with van der Waals surface area (Å²) in [7, 11) is 5.19. The number of carbonyl (C=O) groups is 1. The number of amides is 1. The van der Waals surface area contributed by atoms with Crippen molar-refractivity contribution in [2.75, 3.05) is 0 Å². The lowest BCUT2D eigenvalue weighted by Gasteiger charge is -2.15. The van der Waals surface area contributed by atoms with Crippen molar-refractivity contribution in [3.8, 4) is 0 Å². The fourth-order valence-corrected chi connectivity index (χ4v) is 0.876. The summed E-state index contributed by atoms with van der Waals surface area (Å²) in [5, 5.41) is 9.13. The molecule has 0 fully saturated rings. The fraction of sp³-hybridized carbons (Fsp3) is 0.500. The highest BCUT2D eigenvalue weighted by Gasteiger charge is 2.28. The van der Waals surface area contributed by atoms with E-state index in [0.717, 1.165) is 4.81 Å². The van der Waals surface area contributed by atoms with Gasteiger partial charge in [0.1, 0.15) is 6.23 Å². The van der Waals surface area contributed by atoms with E-state index in [2.05, 4.69) is 0 Å². The molecule has 1 aliphatic heterocycles. The number of carbonyl (C=O) groups excluding carboxylic acids is 1. The quantitative estimate of drug-likeness (QED) is 0.460. The van der Waals surface area contributed by atoms with E-state index in [1.807, 2.05) is 0 Å². The summed E-state index contributed by atoms with van der Waals surface area (Å²) in [6.07, 6.45) is -0.924. The molecule has 0 bridgehead atoms. The number of hydrogen-bond donors (Lipinski definition) is 1. The highest BCUT2D eigenvalue weighted by atomic mass is 16.3. The molecule has 0 aliphatic carbocycles. The molecular formula is C6H8BNO2. The zero-order valence-corrected chi connectivity index (χ0v) is 5.96. The molecule has 0 aromatic heterocycles. The summed E-state index contributed by atoms with van der Waals surface area (Å²) in [6, 6.07) is 0. The van der Waals surface area contributed by atoms with Crippen LogP contribution in [0.25, 0.3) is 0 Å². The minimum Gasteiger partial charge on any atom is -0.371 e. The van der Waals surface area contributed by atoms with E-state index in [4.69, 9.17) is 13.1 Å². The van der Waals surface area contributed by atoms with Crippen LogP contribution in [0.4, 0.5) is 0 Å². The molecular weight excluding hydrogens is 129 g/mol. The summed E-state index contributed by atoms with van der Waals surface area (Å²) in [5.74, 6) is -0.301. The predicted octanol–water partition coefficient (Wildman–Crippen LogP) is -0.433. The first-order valence-corrected chi connectivity index (χ1v) is 2.99. The lowest BCUT2D eigenvalue weighted by atomic mass is 10.2. The van der Waals surface area contributed by atoms with Crippen LogP contribution >= 0.6 is 0 Å². The second-order valence-electron chi connectivity index (χ2n) is 2.39. The monoisotopic (exact) mass is 137 g/mol. The molecule has 0 saturated heterocycles. The van der Waals surface area contributed by atoms with Gasteiger partial charge >= 0.3 is 0 Å². The Hall–Kier alpha value is -0.765. The van der Waals surface area contributed by atoms with E-state index in [1.165, 1.54) is 0 Å². The Labute approximate surface area is 60.8 Å². The van der Waals surface area contributed by atoms with Crippen molar-refractivity contribution in [2.45, 2.75) is 20.1 Å². The van der Waals surface area contributed by atoms with Gasteiger partial charge in [0.25, 0.3) is 0 Å². The second-order valence-corrected chi connectivity index (χ2v) is 2.39. The molecule has 1 unspecified atom stereocenters. The minimum absolute atomic E-state index is 0.301. The van der Waals surface area contributed by atoms with Crippen LogP contribution in [-0.4, -0.2) is 30.0 Å². The zero-order chi connectivity index (χ0) is 7.89. The first-order chi connectivity index (χ1) is 4.55. The molecule has 0 spiro atoms. The summed E-state index contributed by atoms with van der Waals surface area (Å²) in [4.78, 5) is 11.7. The van der Waals surface area contributed by atoms with Crippen LogP contribution in [0.15, 0.2) is 11.1 Å². The molecule has 0 aromatic rings. The van der Waals surface area contributed by atoms with Crippen LogP contribution in [0.3, 0.4) is 0 Å². The summed E-state index contributed by atoms with van der Waals surface area (Å²) < 4.78 is 0. The largest absolute Gasteiger partial charge is 0.371 e. The molecule has 1 rings (SSSR count). The first-order valence-electron chi connectivity index (χ1n) is 2.99. The average Bonchev–Trinajstić information content (AvgIpc) is 2.07. The number of aliphatic hydroxyl groups excluding tert-OH is 1. The van der Waals surface area contributed by atoms with E-state index in [-0.39, 0.29) is 5.91 Å². The van der Waals surface area contributed by atoms with Crippen molar-refractivity contribution in [1.29, 1.82) is 0 Å². The van der Waals surface area contributed by atoms with Gasteiger partial charge in [-0.15, -0.1) is 0 Å². The number of hydrogen-bond acceptors (Lipinski definition) is 2. The Balaban J connectivity index is 2.99. The molecule has 1 amide bonds. The second kappa shape index (κ2) is 2.13. The molecule has 2 radical (unpaired) electrons. The maximum atomic E-state index is 10.9. The standard InChI is InChI=1S/C6H8BNO2/c1-3-4(2)6(10)8(7)5(3)9/h5,9H,1-2H3. The molecule has 4 heteroatoms. The Kier molecular flexibility index (Phi) is 1.56. The highest BCUT2D eigenvalue weighted by molar-refractivity contribution is 6.19. The van der Waals surface area contributed by atoms with Gasteiger partial charge in [0.05, 0.1) is 0 Å². The van der Waals surface area contributed by atoms with E-state index in [9.17, 15) is 4.79 Å². The van der Waals surface area contributed by atoms with Crippen molar-refractivity contribution < 1.29 is 9.90 Å². The van der Waals surface area contributed by atoms with Gasteiger partial charge in [0, 0.05) is 5.57 Å². The number of nitrogens with zero attached hydrogens (tertiary/aromatic N) is 1. The average molecular weight is 137 g/mol. The smallest absolute Gasteiger partial charge is 0.238 e.